The van der Waals surface area contributed by atoms with Gasteiger partial charge >= 0.3 is 0 Å². The van der Waals surface area contributed by atoms with Gasteiger partial charge in [-0.25, -0.2) is 0 Å². The Labute approximate surface area is 98.5 Å². The summed E-state index contributed by atoms with van der Waals surface area (Å²) in [6, 6.07) is 10.7. The standard InChI is InChI=1S/C15H21N/c1-11-5-3-4-6-15(11)12-9-13-7-8-14(10-12)16(13)2/h3-6,12-14H,7-10H2,1-2H3. The molecule has 0 saturated carbocycles. The number of hydrogen-bond donors (Lipinski definition) is 0. The molecule has 2 saturated heterocycles. The van der Waals surface area contributed by atoms with E-state index in [1.807, 2.05) is 0 Å². The fraction of sp³-hybridized carbons (Fsp3) is 0.600. The molecule has 2 fully saturated rings. The molecule has 2 unspecified atom stereocenters. The maximum Gasteiger partial charge on any atom is 0.0102 e. The summed E-state index contributed by atoms with van der Waals surface area (Å²) in [4.78, 5) is 2.62. The van der Waals surface area contributed by atoms with Gasteiger partial charge in [-0.2, -0.15) is 0 Å². The number of hydrogen-bond acceptors (Lipinski definition) is 1. The van der Waals surface area contributed by atoms with E-state index in [1.165, 1.54) is 31.2 Å². The Kier molecular flexibility index (Phi) is 2.51. The molecule has 0 amide bonds. The van der Waals surface area contributed by atoms with E-state index in [0.717, 1.165) is 18.0 Å². The van der Waals surface area contributed by atoms with Gasteiger partial charge in [0, 0.05) is 12.1 Å². The minimum Gasteiger partial charge on any atom is -0.300 e. The quantitative estimate of drug-likeness (QED) is 0.694. The molecule has 1 aromatic rings. The summed E-state index contributed by atoms with van der Waals surface area (Å²) in [5.41, 5.74) is 3.09. The molecule has 2 bridgehead atoms. The van der Waals surface area contributed by atoms with Crippen molar-refractivity contribution in [2.24, 2.45) is 0 Å². The number of piperidine rings is 1. The molecule has 0 aliphatic carbocycles. The zero-order chi connectivity index (χ0) is 11.1. The van der Waals surface area contributed by atoms with Crippen LogP contribution in [0.5, 0.6) is 0 Å². The molecule has 16 heavy (non-hydrogen) atoms. The average molecular weight is 215 g/mol. The average Bonchev–Trinajstić information content (AvgIpc) is 2.53. The Morgan fingerprint density at radius 1 is 1.06 bits per heavy atom. The van der Waals surface area contributed by atoms with Crippen LogP contribution in [0, 0.1) is 6.92 Å². The van der Waals surface area contributed by atoms with Crippen molar-refractivity contribution in [3.05, 3.63) is 35.4 Å². The van der Waals surface area contributed by atoms with Gasteiger partial charge in [0.25, 0.3) is 0 Å². The first-order chi connectivity index (χ1) is 7.75. The van der Waals surface area contributed by atoms with Crippen LogP contribution < -0.4 is 0 Å². The van der Waals surface area contributed by atoms with Crippen molar-refractivity contribution in [2.75, 3.05) is 7.05 Å². The summed E-state index contributed by atoms with van der Waals surface area (Å²) >= 11 is 0. The normalized spacial score (nSPS) is 34.2. The predicted octanol–water partition coefficient (Wildman–Crippen LogP) is 3.34. The van der Waals surface area contributed by atoms with Crippen molar-refractivity contribution in [3.63, 3.8) is 0 Å². The fourth-order valence-corrected chi connectivity index (χ4v) is 3.71. The molecule has 1 heteroatoms. The highest BCUT2D eigenvalue weighted by molar-refractivity contribution is 5.30. The highest BCUT2D eigenvalue weighted by atomic mass is 15.2. The molecular formula is C15H21N. The van der Waals surface area contributed by atoms with Crippen LogP contribution in [0.4, 0.5) is 0 Å². The van der Waals surface area contributed by atoms with Crippen LogP contribution in [0.25, 0.3) is 0 Å². The van der Waals surface area contributed by atoms with Crippen LogP contribution in [0.15, 0.2) is 24.3 Å². The van der Waals surface area contributed by atoms with Gasteiger partial charge < -0.3 is 4.90 Å². The largest absolute Gasteiger partial charge is 0.300 e. The first-order valence-electron chi connectivity index (χ1n) is 6.53. The van der Waals surface area contributed by atoms with E-state index >= 15 is 0 Å². The summed E-state index contributed by atoms with van der Waals surface area (Å²) in [6.45, 7) is 2.26. The Balaban J connectivity index is 1.86. The Morgan fingerprint density at radius 2 is 1.69 bits per heavy atom. The Morgan fingerprint density at radius 3 is 2.31 bits per heavy atom. The fourth-order valence-electron chi connectivity index (χ4n) is 3.71. The molecule has 2 atom stereocenters. The van der Waals surface area contributed by atoms with Crippen LogP contribution in [-0.4, -0.2) is 24.0 Å². The third-order valence-electron chi connectivity index (χ3n) is 4.73. The van der Waals surface area contributed by atoms with Crippen LogP contribution in [0.2, 0.25) is 0 Å². The molecule has 3 rings (SSSR count). The maximum absolute atomic E-state index is 2.62. The summed E-state index contributed by atoms with van der Waals surface area (Å²) in [5.74, 6) is 0.815. The summed E-state index contributed by atoms with van der Waals surface area (Å²) in [7, 11) is 2.32. The topological polar surface area (TPSA) is 3.24 Å². The van der Waals surface area contributed by atoms with E-state index < -0.39 is 0 Å². The van der Waals surface area contributed by atoms with Gasteiger partial charge in [0.05, 0.1) is 0 Å². The van der Waals surface area contributed by atoms with Crippen LogP contribution >= 0.6 is 0 Å². The van der Waals surface area contributed by atoms with Crippen molar-refractivity contribution in [1.82, 2.24) is 4.90 Å². The summed E-state index contributed by atoms with van der Waals surface area (Å²) < 4.78 is 0. The summed E-state index contributed by atoms with van der Waals surface area (Å²) in [5, 5.41) is 0. The van der Waals surface area contributed by atoms with Gasteiger partial charge in [0.1, 0.15) is 0 Å². The van der Waals surface area contributed by atoms with E-state index in [0.29, 0.717) is 0 Å². The van der Waals surface area contributed by atoms with Gasteiger partial charge in [-0.1, -0.05) is 24.3 Å². The number of rotatable bonds is 1. The zero-order valence-corrected chi connectivity index (χ0v) is 10.3. The molecule has 2 aliphatic heterocycles. The SMILES string of the molecule is Cc1ccccc1C1CC2CCC(C1)N2C. The Bertz CT molecular complexity index is 371. The van der Waals surface area contributed by atoms with Crippen molar-refractivity contribution in [3.8, 4) is 0 Å². The highest BCUT2D eigenvalue weighted by Crippen LogP contribution is 2.42. The van der Waals surface area contributed by atoms with Gasteiger partial charge in [-0.15, -0.1) is 0 Å². The first kappa shape index (κ1) is 10.3. The van der Waals surface area contributed by atoms with E-state index in [2.05, 4.69) is 43.1 Å². The second-order valence-corrected chi connectivity index (χ2v) is 5.58. The number of aryl methyl sites for hydroxylation is 1. The highest BCUT2D eigenvalue weighted by Gasteiger charge is 2.38. The third-order valence-corrected chi connectivity index (χ3v) is 4.73. The number of benzene rings is 1. The maximum atomic E-state index is 2.62. The first-order valence-corrected chi connectivity index (χ1v) is 6.53. The Hall–Kier alpha value is -0.820. The van der Waals surface area contributed by atoms with E-state index in [4.69, 9.17) is 0 Å². The van der Waals surface area contributed by atoms with Gasteiger partial charge in [0.2, 0.25) is 0 Å². The lowest BCUT2D eigenvalue weighted by Crippen LogP contribution is -2.39. The second-order valence-electron chi connectivity index (χ2n) is 5.58. The molecule has 2 aliphatic rings. The lowest BCUT2D eigenvalue weighted by atomic mass is 9.83. The van der Waals surface area contributed by atoms with Crippen LogP contribution in [-0.2, 0) is 0 Å². The molecule has 1 nitrogen and oxygen atoms in total. The monoisotopic (exact) mass is 215 g/mol. The van der Waals surface area contributed by atoms with Crippen molar-refractivity contribution in [1.29, 1.82) is 0 Å². The van der Waals surface area contributed by atoms with Gasteiger partial charge in [-0.05, 0) is 56.7 Å². The van der Waals surface area contributed by atoms with E-state index in [9.17, 15) is 0 Å². The van der Waals surface area contributed by atoms with E-state index in [-0.39, 0.29) is 0 Å². The zero-order valence-electron chi connectivity index (χ0n) is 10.3. The molecule has 2 heterocycles. The lowest BCUT2D eigenvalue weighted by molar-refractivity contribution is 0.161. The molecule has 0 N–H and O–H groups in total. The van der Waals surface area contributed by atoms with Gasteiger partial charge in [-0.3, -0.25) is 0 Å². The van der Waals surface area contributed by atoms with Gasteiger partial charge in [0.15, 0.2) is 0 Å². The van der Waals surface area contributed by atoms with Crippen molar-refractivity contribution >= 4 is 0 Å². The minimum absolute atomic E-state index is 0.815. The molecule has 0 spiro atoms. The second kappa shape index (κ2) is 3.89. The molecule has 0 radical (unpaired) electrons. The smallest absolute Gasteiger partial charge is 0.0102 e. The van der Waals surface area contributed by atoms with Crippen LogP contribution in [0.1, 0.15) is 42.7 Å². The molecule has 86 valence electrons. The molecule has 0 aromatic heterocycles. The number of fused-ring (bicyclic) bond motifs is 2. The van der Waals surface area contributed by atoms with Crippen molar-refractivity contribution < 1.29 is 0 Å². The summed E-state index contributed by atoms with van der Waals surface area (Å²) in [6.07, 6.45) is 5.59. The van der Waals surface area contributed by atoms with Crippen LogP contribution in [0.3, 0.4) is 0 Å². The predicted molar refractivity (Wildman–Crippen MR) is 67.7 cm³/mol. The third kappa shape index (κ3) is 1.58. The lowest BCUT2D eigenvalue weighted by Gasteiger charge is -2.37. The van der Waals surface area contributed by atoms with E-state index in [1.54, 1.807) is 5.56 Å². The molecule has 1 aromatic carbocycles. The molecular weight excluding hydrogens is 194 g/mol. The minimum atomic E-state index is 0.815. The number of nitrogens with zero attached hydrogens (tertiary/aromatic N) is 1. The van der Waals surface area contributed by atoms with Crippen molar-refractivity contribution in [2.45, 2.75) is 50.6 Å².